The van der Waals surface area contributed by atoms with Crippen molar-refractivity contribution < 1.29 is 23.1 Å². The number of anilines is 2. The first-order valence-corrected chi connectivity index (χ1v) is 12.4. The van der Waals surface area contributed by atoms with Gasteiger partial charge < -0.3 is 14.6 Å². The van der Waals surface area contributed by atoms with E-state index in [1.807, 2.05) is 43.9 Å². The summed E-state index contributed by atoms with van der Waals surface area (Å²) >= 11 is -2.46. The fourth-order valence-corrected chi connectivity index (χ4v) is 5.16. The van der Waals surface area contributed by atoms with Crippen molar-refractivity contribution in [3.63, 3.8) is 0 Å². The standard InChI is InChI=1S/C25H33N3O5S/c1-17-7-5-6-8-22(17)25(30)26-23-10-9-21(15-18(23)2)28(34(31)32)19(3)20-11-13-27(14-12-20)16-24(29)33-4/h5-10,15,19-20H,11-14,16H2,1-4H3,(H,26,30)(H,31,32)/p-1/t19-/m1/s1. The zero-order valence-electron chi connectivity index (χ0n) is 20.1. The number of piperidine rings is 1. The second-order valence-electron chi connectivity index (χ2n) is 8.74. The van der Waals surface area contributed by atoms with Gasteiger partial charge in [0.1, 0.15) is 0 Å². The third-order valence-corrected chi connectivity index (χ3v) is 7.39. The number of benzene rings is 2. The monoisotopic (exact) mass is 486 g/mol. The first kappa shape index (κ1) is 25.9. The van der Waals surface area contributed by atoms with E-state index in [4.69, 9.17) is 4.74 Å². The van der Waals surface area contributed by atoms with Gasteiger partial charge in [-0.25, -0.2) is 0 Å². The van der Waals surface area contributed by atoms with Gasteiger partial charge >= 0.3 is 5.97 Å². The highest BCUT2D eigenvalue weighted by Gasteiger charge is 2.29. The third-order valence-electron chi connectivity index (χ3n) is 6.53. The van der Waals surface area contributed by atoms with E-state index in [9.17, 15) is 18.4 Å². The summed E-state index contributed by atoms with van der Waals surface area (Å²) in [6.07, 6.45) is 1.57. The van der Waals surface area contributed by atoms with Crippen LogP contribution in [0.3, 0.4) is 0 Å². The number of methoxy groups -OCH3 is 1. The van der Waals surface area contributed by atoms with Crippen LogP contribution < -0.4 is 9.62 Å². The number of carbonyl (C=O) groups excluding carboxylic acids is 2. The lowest BCUT2D eigenvalue weighted by atomic mass is 9.90. The second-order valence-corrected chi connectivity index (χ2v) is 9.57. The van der Waals surface area contributed by atoms with Crippen LogP contribution in [0, 0.1) is 19.8 Å². The molecule has 3 rings (SSSR count). The van der Waals surface area contributed by atoms with Gasteiger partial charge in [-0.15, -0.1) is 0 Å². The van der Waals surface area contributed by atoms with Crippen molar-refractivity contribution in [2.75, 3.05) is 36.4 Å². The van der Waals surface area contributed by atoms with Crippen LogP contribution in [-0.2, 0) is 20.8 Å². The van der Waals surface area contributed by atoms with Gasteiger partial charge in [0, 0.05) is 34.2 Å². The van der Waals surface area contributed by atoms with E-state index in [-0.39, 0.29) is 30.4 Å². The highest BCUT2D eigenvalue weighted by Crippen LogP contribution is 2.31. The summed E-state index contributed by atoms with van der Waals surface area (Å²) in [5.74, 6) is -0.309. The molecular formula is C25H32N3O5S-. The van der Waals surface area contributed by atoms with E-state index in [0.717, 1.165) is 24.0 Å². The number of hydrogen-bond acceptors (Lipinski definition) is 6. The summed E-state index contributed by atoms with van der Waals surface area (Å²) in [5.41, 5.74) is 3.45. The molecule has 0 aromatic heterocycles. The molecule has 0 spiro atoms. The van der Waals surface area contributed by atoms with Crippen LogP contribution in [0.2, 0.25) is 0 Å². The summed E-state index contributed by atoms with van der Waals surface area (Å²) < 4.78 is 30.6. The fraction of sp³-hybridized carbons (Fsp3) is 0.440. The molecule has 8 nitrogen and oxygen atoms in total. The van der Waals surface area contributed by atoms with Crippen LogP contribution in [0.1, 0.15) is 41.3 Å². The van der Waals surface area contributed by atoms with Crippen molar-refractivity contribution in [3.8, 4) is 0 Å². The Balaban J connectivity index is 1.71. The Morgan fingerprint density at radius 1 is 1.18 bits per heavy atom. The maximum atomic E-state index is 12.7. The zero-order valence-corrected chi connectivity index (χ0v) is 20.9. The Morgan fingerprint density at radius 3 is 2.44 bits per heavy atom. The summed E-state index contributed by atoms with van der Waals surface area (Å²) in [4.78, 5) is 26.2. The van der Waals surface area contributed by atoms with Crippen LogP contribution >= 0.6 is 0 Å². The molecule has 1 heterocycles. The molecule has 1 aliphatic rings. The van der Waals surface area contributed by atoms with Crippen LogP contribution in [0.4, 0.5) is 11.4 Å². The molecule has 2 aromatic rings. The quantitative estimate of drug-likeness (QED) is 0.453. The highest BCUT2D eigenvalue weighted by molar-refractivity contribution is 7.80. The first-order valence-electron chi connectivity index (χ1n) is 11.4. The van der Waals surface area contributed by atoms with Crippen LogP contribution in [0.15, 0.2) is 42.5 Å². The maximum absolute atomic E-state index is 12.7. The predicted molar refractivity (Wildman–Crippen MR) is 132 cm³/mol. The summed E-state index contributed by atoms with van der Waals surface area (Å²) in [6, 6.07) is 12.4. The van der Waals surface area contributed by atoms with Crippen molar-refractivity contribution in [2.24, 2.45) is 5.92 Å². The van der Waals surface area contributed by atoms with Crippen LogP contribution in [0.25, 0.3) is 0 Å². The fourth-order valence-electron chi connectivity index (χ4n) is 4.43. The largest absolute Gasteiger partial charge is 0.755 e. The molecule has 9 heteroatoms. The molecule has 0 saturated carbocycles. The van der Waals surface area contributed by atoms with Gasteiger partial charge in [0.2, 0.25) is 0 Å². The Kier molecular flexibility index (Phi) is 8.82. The molecule has 0 radical (unpaired) electrons. The Morgan fingerprint density at radius 2 is 1.85 bits per heavy atom. The van der Waals surface area contributed by atoms with Gasteiger partial charge in [-0.3, -0.25) is 23.0 Å². The highest BCUT2D eigenvalue weighted by atomic mass is 32.2. The first-order chi connectivity index (χ1) is 16.2. The van der Waals surface area contributed by atoms with E-state index in [1.165, 1.54) is 11.4 Å². The number of rotatable bonds is 8. The zero-order chi connectivity index (χ0) is 24.8. The lowest BCUT2D eigenvalue weighted by molar-refractivity contribution is -0.142. The summed E-state index contributed by atoms with van der Waals surface area (Å²) in [7, 11) is 1.37. The lowest BCUT2D eigenvalue weighted by Gasteiger charge is -2.41. The SMILES string of the molecule is COC(=O)CN1CCC([C@@H](C)N(c2ccc(NC(=O)c3ccccc3C)c(C)c2)S(=O)[O-])CC1. The molecule has 1 N–H and O–H groups in total. The van der Waals surface area contributed by atoms with Crippen molar-refractivity contribution in [1.82, 2.24) is 4.90 Å². The topological polar surface area (TPSA) is 102 Å². The average Bonchev–Trinajstić information content (AvgIpc) is 2.81. The number of esters is 1. The van der Waals surface area contributed by atoms with Gasteiger partial charge in [0.15, 0.2) is 0 Å². The van der Waals surface area contributed by atoms with Crippen molar-refractivity contribution in [2.45, 2.75) is 39.7 Å². The van der Waals surface area contributed by atoms with Crippen molar-refractivity contribution >= 4 is 34.5 Å². The van der Waals surface area contributed by atoms with Gasteiger partial charge in [-0.1, -0.05) is 18.2 Å². The minimum atomic E-state index is -2.46. The predicted octanol–water partition coefficient (Wildman–Crippen LogP) is 3.43. The number of hydrogen-bond donors (Lipinski definition) is 1. The smallest absolute Gasteiger partial charge is 0.319 e. The lowest BCUT2D eigenvalue weighted by Crippen LogP contribution is -2.46. The van der Waals surface area contributed by atoms with Crippen LogP contribution in [0.5, 0.6) is 0 Å². The molecule has 34 heavy (non-hydrogen) atoms. The molecule has 2 atom stereocenters. The Hall–Kier alpha value is -2.75. The van der Waals surface area contributed by atoms with Crippen molar-refractivity contribution in [3.05, 3.63) is 59.2 Å². The number of ether oxygens (including phenoxy) is 1. The number of carbonyl (C=O) groups is 2. The number of nitrogens with one attached hydrogen (secondary N) is 1. The molecule has 1 fully saturated rings. The van der Waals surface area contributed by atoms with E-state index in [0.29, 0.717) is 30.0 Å². The molecule has 1 amide bonds. The minimum Gasteiger partial charge on any atom is -0.755 e. The minimum absolute atomic E-state index is 0.160. The van der Waals surface area contributed by atoms with Gasteiger partial charge in [0.25, 0.3) is 5.91 Å². The molecule has 0 bridgehead atoms. The third kappa shape index (κ3) is 6.22. The number of amides is 1. The van der Waals surface area contributed by atoms with Crippen molar-refractivity contribution in [1.29, 1.82) is 0 Å². The van der Waals surface area contributed by atoms with Gasteiger partial charge in [-0.2, -0.15) is 0 Å². The molecule has 2 aromatic carbocycles. The van der Waals surface area contributed by atoms with Crippen LogP contribution in [-0.4, -0.2) is 58.3 Å². The van der Waals surface area contributed by atoms with Gasteiger partial charge in [0.05, 0.1) is 13.7 Å². The van der Waals surface area contributed by atoms with Gasteiger partial charge in [-0.05, 0) is 88.0 Å². The molecule has 1 aliphatic heterocycles. The second kappa shape index (κ2) is 11.6. The average molecular weight is 487 g/mol. The van der Waals surface area contributed by atoms with E-state index >= 15 is 0 Å². The normalized spacial score (nSPS) is 16.5. The number of nitrogens with zero attached hydrogens (tertiary/aromatic N) is 2. The maximum Gasteiger partial charge on any atom is 0.319 e. The molecular weight excluding hydrogens is 454 g/mol. The summed E-state index contributed by atoms with van der Waals surface area (Å²) in [6.45, 7) is 7.33. The number of aryl methyl sites for hydroxylation is 2. The molecule has 184 valence electrons. The Bertz CT molecular complexity index is 1050. The Labute approximate surface area is 203 Å². The van der Waals surface area contributed by atoms with E-state index in [1.54, 1.807) is 24.3 Å². The molecule has 0 aliphatic carbocycles. The number of likely N-dealkylation sites (tertiary alicyclic amines) is 1. The molecule has 1 saturated heterocycles. The molecule has 1 unspecified atom stereocenters. The van der Waals surface area contributed by atoms with E-state index < -0.39 is 11.3 Å². The summed E-state index contributed by atoms with van der Waals surface area (Å²) in [5, 5.41) is 2.93. The van der Waals surface area contributed by atoms with E-state index in [2.05, 4.69) is 5.32 Å².